The molecule has 118 valence electrons. The van der Waals surface area contributed by atoms with Crippen LogP contribution < -0.4 is 14.8 Å². The molecule has 1 aromatic carbocycles. The largest absolute Gasteiger partial charge is 0.490 e. The summed E-state index contributed by atoms with van der Waals surface area (Å²) >= 11 is 0. The fourth-order valence-electron chi connectivity index (χ4n) is 1.95. The van der Waals surface area contributed by atoms with Crippen LogP contribution in [0.15, 0.2) is 18.2 Å². The molecule has 21 heavy (non-hydrogen) atoms. The number of aliphatic carboxylic acids is 1. The molecule has 0 saturated carbocycles. The van der Waals surface area contributed by atoms with Crippen LogP contribution in [0.2, 0.25) is 0 Å². The van der Waals surface area contributed by atoms with Gasteiger partial charge in [0.25, 0.3) is 0 Å². The predicted octanol–water partition coefficient (Wildman–Crippen LogP) is 2.86. The lowest BCUT2D eigenvalue weighted by atomic mass is 10.1. The lowest BCUT2D eigenvalue weighted by Gasteiger charge is -2.18. The Balaban J connectivity index is 3.02. The summed E-state index contributed by atoms with van der Waals surface area (Å²) in [5, 5.41) is 12.5. The van der Waals surface area contributed by atoms with Crippen molar-refractivity contribution in [3.63, 3.8) is 0 Å². The van der Waals surface area contributed by atoms with Crippen molar-refractivity contribution >= 4 is 5.97 Å². The number of rotatable bonds is 9. The van der Waals surface area contributed by atoms with Gasteiger partial charge in [0, 0.05) is 0 Å². The maximum Gasteiger partial charge on any atom is 0.325 e. The molecule has 0 aliphatic carbocycles. The van der Waals surface area contributed by atoms with Crippen LogP contribution in [-0.4, -0.2) is 30.8 Å². The molecule has 5 nitrogen and oxygen atoms in total. The molecule has 1 atom stereocenters. The summed E-state index contributed by atoms with van der Waals surface area (Å²) in [4.78, 5) is 11.5. The van der Waals surface area contributed by atoms with E-state index in [2.05, 4.69) is 5.32 Å². The summed E-state index contributed by atoms with van der Waals surface area (Å²) in [5.74, 6) is 0.689. The van der Waals surface area contributed by atoms with E-state index in [-0.39, 0.29) is 0 Å². The summed E-state index contributed by atoms with van der Waals surface area (Å²) in [7, 11) is 0. The average Bonchev–Trinajstić information content (AvgIpc) is 2.41. The zero-order valence-electron chi connectivity index (χ0n) is 13.2. The molecule has 0 amide bonds. The van der Waals surface area contributed by atoms with Gasteiger partial charge in [-0.1, -0.05) is 19.9 Å². The summed E-state index contributed by atoms with van der Waals surface area (Å²) in [6.45, 7) is 9.52. The van der Waals surface area contributed by atoms with Crippen LogP contribution in [0, 0.1) is 5.92 Å². The van der Waals surface area contributed by atoms with Crippen LogP contribution in [0.4, 0.5) is 0 Å². The summed E-state index contributed by atoms with van der Waals surface area (Å²) < 4.78 is 11.0. The second-order valence-electron chi connectivity index (χ2n) is 5.15. The van der Waals surface area contributed by atoms with Crippen LogP contribution in [0.1, 0.15) is 39.3 Å². The Bertz CT molecular complexity index is 460. The standard InChI is InChI=1S/C16H25NO4/c1-5-20-13-8-7-12(9-14(13)21-6-2)15(16(18)19)17-10-11(3)4/h7-9,11,15,17H,5-6,10H2,1-4H3,(H,18,19). The van der Waals surface area contributed by atoms with Crippen molar-refractivity contribution < 1.29 is 19.4 Å². The van der Waals surface area contributed by atoms with Crippen LogP contribution in [-0.2, 0) is 4.79 Å². The van der Waals surface area contributed by atoms with Gasteiger partial charge in [-0.05, 0) is 44.0 Å². The first-order valence-corrected chi connectivity index (χ1v) is 7.35. The van der Waals surface area contributed by atoms with Crippen molar-refractivity contribution in [3.05, 3.63) is 23.8 Å². The second-order valence-corrected chi connectivity index (χ2v) is 5.15. The highest BCUT2D eigenvalue weighted by Gasteiger charge is 2.21. The quantitative estimate of drug-likeness (QED) is 0.733. The first-order chi connectivity index (χ1) is 9.99. The fourth-order valence-corrected chi connectivity index (χ4v) is 1.95. The Morgan fingerprint density at radius 1 is 1.19 bits per heavy atom. The topological polar surface area (TPSA) is 67.8 Å². The van der Waals surface area contributed by atoms with E-state index in [1.807, 2.05) is 27.7 Å². The molecule has 0 saturated heterocycles. The predicted molar refractivity (Wildman–Crippen MR) is 82.0 cm³/mol. The first kappa shape index (κ1) is 17.3. The van der Waals surface area contributed by atoms with Crippen molar-refractivity contribution in [1.29, 1.82) is 0 Å². The number of hydrogen-bond donors (Lipinski definition) is 2. The minimum Gasteiger partial charge on any atom is -0.490 e. The van der Waals surface area contributed by atoms with Crippen LogP contribution in [0.25, 0.3) is 0 Å². The molecule has 0 bridgehead atoms. The van der Waals surface area contributed by atoms with Gasteiger partial charge in [0.15, 0.2) is 11.5 Å². The highest BCUT2D eigenvalue weighted by molar-refractivity contribution is 5.76. The molecule has 0 fully saturated rings. The number of benzene rings is 1. The van der Waals surface area contributed by atoms with E-state index in [1.165, 1.54) is 0 Å². The minimum absolute atomic E-state index is 0.376. The Hall–Kier alpha value is -1.75. The van der Waals surface area contributed by atoms with Gasteiger partial charge in [-0.15, -0.1) is 0 Å². The number of carbonyl (C=O) groups is 1. The van der Waals surface area contributed by atoms with E-state index in [4.69, 9.17) is 9.47 Å². The van der Waals surface area contributed by atoms with Crippen molar-refractivity contribution in [3.8, 4) is 11.5 Å². The number of hydrogen-bond acceptors (Lipinski definition) is 4. The smallest absolute Gasteiger partial charge is 0.325 e. The van der Waals surface area contributed by atoms with Crippen molar-refractivity contribution in [2.24, 2.45) is 5.92 Å². The van der Waals surface area contributed by atoms with E-state index in [0.717, 1.165) is 0 Å². The first-order valence-electron chi connectivity index (χ1n) is 7.35. The molecular formula is C16H25NO4. The van der Waals surface area contributed by atoms with Crippen LogP contribution in [0.3, 0.4) is 0 Å². The van der Waals surface area contributed by atoms with Gasteiger partial charge >= 0.3 is 5.97 Å². The molecule has 2 N–H and O–H groups in total. The second kappa shape index (κ2) is 8.52. The molecule has 1 rings (SSSR count). The van der Waals surface area contributed by atoms with Crippen molar-refractivity contribution in [2.75, 3.05) is 19.8 Å². The van der Waals surface area contributed by atoms with Gasteiger partial charge in [0.1, 0.15) is 6.04 Å². The van der Waals surface area contributed by atoms with E-state index in [9.17, 15) is 9.90 Å². The van der Waals surface area contributed by atoms with Gasteiger partial charge in [-0.25, -0.2) is 0 Å². The summed E-state index contributed by atoms with van der Waals surface area (Å²) in [5.41, 5.74) is 0.662. The molecule has 1 aromatic rings. The highest BCUT2D eigenvalue weighted by atomic mass is 16.5. The lowest BCUT2D eigenvalue weighted by molar-refractivity contribution is -0.139. The van der Waals surface area contributed by atoms with E-state index in [1.54, 1.807) is 18.2 Å². The third-order valence-corrected chi connectivity index (χ3v) is 2.88. The Morgan fingerprint density at radius 2 is 1.81 bits per heavy atom. The maximum atomic E-state index is 11.5. The zero-order chi connectivity index (χ0) is 15.8. The van der Waals surface area contributed by atoms with Crippen molar-refractivity contribution in [1.82, 2.24) is 5.32 Å². The zero-order valence-corrected chi connectivity index (χ0v) is 13.2. The maximum absolute atomic E-state index is 11.5. The lowest BCUT2D eigenvalue weighted by Crippen LogP contribution is -2.31. The molecule has 0 spiro atoms. The van der Waals surface area contributed by atoms with Gasteiger partial charge in [-0.2, -0.15) is 0 Å². The Labute approximate surface area is 126 Å². The molecular weight excluding hydrogens is 270 g/mol. The Morgan fingerprint density at radius 3 is 2.33 bits per heavy atom. The highest BCUT2D eigenvalue weighted by Crippen LogP contribution is 2.31. The monoisotopic (exact) mass is 295 g/mol. The summed E-state index contributed by atoms with van der Waals surface area (Å²) in [6, 6.07) is 4.51. The third kappa shape index (κ3) is 5.27. The molecule has 0 aliphatic heterocycles. The number of carboxylic acid groups (broad SMARTS) is 1. The average molecular weight is 295 g/mol. The molecule has 0 aromatic heterocycles. The number of nitrogens with one attached hydrogen (secondary N) is 1. The van der Waals surface area contributed by atoms with Gasteiger partial charge in [0.2, 0.25) is 0 Å². The van der Waals surface area contributed by atoms with E-state index in [0.29, 0.717) is 42.7 Å². The van der Waals surface area contributed by atoms with Crippen molar-refractivity contribution in [2.45, 2.75) is 33.7 Å². The molecule has 0 heterocycles. The van der Waals surface area contributed by atoms with E-state index < -0.39 is 12.0 Å². The van der Waals surface area contributed by atoms with Gasteiger partial charge < -0.3 is 19.9 Å². The molecule has 0 aliphatic rings. The summed E-state index contributed by atoms with van der Waals surface area (Å²) in [6.07, 6.45) is 0. The fraction of sp³-hybridized carbons (Fsp3) is 0.562. The van der Waals surface area contributed by atoms with Crippen LogP contribution >= 0.6 is 0 Å². The third-order valence-electron chi connectivity index (χ3n) is 2.88. The number of ether oxygens (including phenoxy) is 2. The molecule has 5 heteroatoms. The molecule has 0 radical (unpaired) electrons. The number of carboxylic acids is 1. The van der Waals surface area contributed by atoms with Gasteiger partial charge in [-0.3, -0.25) is 4.79 Å². The Kier molecular flexibility index (Phi) is 7.02. The van der Waals surface area contributed by atoms with Crippen LogP contribution in [0.5, 0.6) is 11.5 Å². The molecule has 1 unspecified atom stereocenters. The normalized spacial score (nSPS) is 12.2. The SMILES string of the molecule is CCOc1ccc(C(NCC(C)C)C(=O)O)cc1OCC. The van der Waals surface area contributed by atoms with E-state index >= 15 is 0 Å². The van der Waals surface area contributed by atoms with Gasteiger partial charge in [0.05, 0.1) is 13.2 Å². The minimum atomic E-state index is -0.901.